The fourth-order valence-electron chi connectivity index (χ4n) is 7.02. The maximum Gasteiger partial charge on any atom is 0.407 e. The van der Waals surface area contributed by atoms with Gasteiger partial charge in [-0.15, -0.1) is 0 Å². The van der Waals surface area contributed by atoms with Crippen molar-refractivity contribution in [1.29, 1.82) is 0 Å². The third kappa shape index (κ3) is 7.78. The van der Waals surface area contributed by atoms with Crippen molar-refractivity contribution in [3.63, 3.8) is 0 Å². The van der Waals surface area contributed by atoms with Gasteiger partial charge < -0.3 is 24.3 Å². The van der Waals surface area contributed by atoms with E-state index in [2.05, 4.69) is 16.0 Å². The van der Waals surface area contributed by atoms with E-state index in [0.29, 0.717) is 26.1 Å². The maximum atomic E-state index is 14.0. The molecule has 1 fully saturated rings. The molecule has 11 nitrogen and oxygen atoms in total. The van der Waals surface area contributed by atoms with Crippen molar-refractivity contribution >= 4 is 34.1 Å². The largest absolute Gasteiger partial charge is 0.444 e. The Kier molecular flexibility index (Phi) is 10.4. The molecule has 1 aliphatic heterocycles. The molecule has 1 saturated heterocycles. The minimum Gasteiger partial charge on any atom is -0.444 e. The van der Waals surface area contributed by atoms with Crippen LogP contribution in [0.15, 0.2) is 77.6 Å². The maximum absolute atomic E-state index is 14.0. The lowest BCUT2D eigenvalue weighted by Gasteiger charge is -2.34. The highest BCUT2D eigenvalue weighted by Crippen LogP contribution is 2.30. The number of para-hydroxylation sites is 4. The Morgan fingerprint density at radius 3 is 2.40 bits per heavy atom. The molecule has 3 aromatic carbocycles. The second-order valence-electron chi connectivity index (χ2n) is 14.2. The Morgan fingerprint density at radius 1 is 0.980 bits per heavy atom. The number of likely N-dealkylation sites (tertiary alicyclic amines) is 1. The number of benzene rings is 3. The van der Waals surface area contributed by atoms with Crippen LogP contribution in [0.1, 0.15) is 63.8 Å². The van der Waals surface area contributed by atoms with E-state index >= 15 is 0 Å². The number of carbonyl (C=O) groups is 2. The molecule has 1 aliphatic rings. The number of methoxy groups -OCH3 is 1. The molecular weight excluding hydrogens is 632 g/mol. The van der Waals surface area contributed by atoms with Crippen molar-refractivity contribution in [3.8, 4) is 5.69 Å². The molecule has 11 heteroatoms. The second kappa shape index (κ2) is 14.9. The minimum absolute atomic E-state index is 0.0169. The molecule has 2 atom stereocenters. The Morgan fingerprint density at radius 2 is 1.68 bits per heavy atom. The fraction of sp³-hybridized carbons (Fsp3) is 0.436. The van der Waals surface area contributed by atoms with Crippen molar-refractivity contribution < 1.29 is 19.1 Å². The summed E-state index contributed by atoms with van der Waals surface area (Å²) in [5.74, 6) is 1.09. The Balaban J connectivity index is 1.20. The quantitative estimate of drug-likeness (QED) is 0.173. The summed E-state index contributed by atoms with van der Waals surface area (Å²) < 4.78 is 16.5. The number of hydrogen-bond acceptors (Lipinski definition) is 6. The smallest absolute Gasteiger partial charge is 0.407 e. The first kappa shape index (κ1) is 34.9. The predicted molar refractivity (Wildman–Crippen MR) is 195 cm³/mol. The van der Waals surface area contributed by atoms with Crippen molar-refractivity contribution in [3.05, 3.63) is 94.7 Å². The summed E-state index contributed by atoms with van der Waals surface area (Å²) in [5, 5.41) is 2.98. The van der Waals surface area contributed by atoms with Crippen LogP contribution in [0, 0.1) is 0 Å². The van der Waals surface area contributed by atoms with Crippen LogP contribution in [-0.4, -0.2) is 74.0 Å². The van der Waals surface area contributed by atoms with E-state index in [1.54, 1.807) is 23.3 Å². The number of rotatable bonds is 11. The van der Waals surface area contributed by atoms with Gasteiger partial charge in [-0.2, -0.15) is 0 Å². The normalized spacial score (nSPS) is 15.8. The summed E-state index contributed by atoms with van der Waals surface area (Å²) in [6.07, 6.45) is 2.68. The fourth-order valence-corrected chi connectivity index (χ4v) is 7.02. The van der Waals surface area contributed by atoms with Crippen molar-refractivity contribution in [2.75, 3.05) is 26.8 Å². The Bertz CT molecular complexity index is 2020. The molecular formula is C39H48N6O5. The van der Waals surface area contributed by atoms with Crippen LogP contribution in [0.3, 0.4) is 0 Å². The summed E-state index contributed by atoms with van der Waals surface area (Å²) in [6, 6.07) is 23.1. The Labute approximate surface area is 292 Å². The van der Waals surface area contributed by atoms with Gasteiger partial charge in [0.2, 0.25) is 5.91 Å². The average Bonchev–Trinajstić information content (AvgIpc) is 3.58. The monoisotopic (exact) mass is 680 g/mol. The number of hydrogen-bond donors (Lipinski definition) is 1. The summed E-state index contributed by atoms with van der Waals surface area (Å²) in [4.78, 5) is 47.0. The highest BCUT2D eigenvalue weighted by Gasteiger charge is 2.31. The predicted octanol–water partition coefficient (Wildman–Crippen LogP) is 5.95. The van der Waals surface area contributed by atoms with Crippen LogP contribution >= 0.6 is 0 Å². The van der Waals surface area contributed by atoms with Crippen LogP contribution in [-0.2, 0) is 34.3 Å². The molecule has 0 radical (unpaired) electrons. The molecule has 50 heavy (non-hydrogen) atoms. The van der Waals surface area contributed by atoms with Crippen LogP contribution in [0.2, 0.25) is 0 Å². The SMILES string of the molecule is COCCCn1c([C@@H]2CCCN(C(=O)C[C@@H](Cc3ccc(-n4c(=O)n(C)c5ccccc54)cc3)NC(=O)OC(C)(C)C)C2)nc2ccccc21. The molecule has 1 N–H and O–H groups in total. The van der Waals surface area contributed by atoms with Gasteiger partial charge in [0.05, 0.1) is 27.8 Å². The second-order valence-corrected chi connectivity index (χ2v) is 14.2. The van der Waals surface area contributed by atoms with E-state index in [4.69, 9.17) is 14.5 Å². The van der Waals surface area contributed by atoms with Gasteiger partial charge in [0.25, 0.3) is 0 Å². The van der Waals surface area contributed by atoms with Crippen LogP contribution in [0.4, 0.5) is 4.79 Å². The van der Waals surface area contributed by atoms with E-state index in [0.717, 1.165) is 64.9 Å². The van der Waals surface area contributed by atoms with Gasteiger partial charge in [-0.25, -0.2) is 14.6 Å². The van der Waals surface area contributed by atoms with Gasteiger partial charge in [-0.3, -0.25) is 13.9 Å². The topological polar surface area (TPSA) is 113 Å². The number of nitrogens with one attached hydrogen (secondary N) is 1. The molecule has 0 unspecified atom stereocenters. The van der Waals surface area contributed by atoms with Crippen LogP contribution in [0.5, 0.6) is 0 Å². The van der Waals surface area contributed by atoms with E-state index in [1.807, 2.05) is 92.4 Å². The lowest BCUT2D eigenvalue weighted by Crippen LogP contribution is -2.46. The molecule has 0 saturated carbocycles. The van der Waals surface area contributed by atoms with Crippen molar-refractivity contribution in [1.82, 2.24) is 28.9 Å². The third-order valence-electron chi connectivity index (χ3n) is 9.33. The molecule has 5 aromatic rings. The minimum atomic E-state index is -0.680. The zero-order valence-electron chi connectivity index (χ0n) is 29.7. The number of amides is 2. The number of piperidine rings is 1. The first-order chi connectivity index (χ1) is 24.0. The van der Waals surface area contributed by atoms with E-state index < -0.39 is 17.7 Å². The molecule has 2 aromatic heterocycles. The van der Waals surface area contributed by atoms with Gasteiger partial charge in [0.15, 0.2) is 0 Å². The molecule has 2 amide bonds. The number of ether oxygens (including phenoxy) is 2. The Hall–Kier alpha value is -4.90. The van der Waals surface area contributed by atoms with Gasteiger partial charge in [0.1, 0.15) is 11.4 Å². The van der Waals surface area contributed by atoms with Crippen LogP contribution in [0.25, 0.3) is 27.8 Å². The lowest BCUT2D eigenvalue weighted by atomic mass is 9.95. The number of aromatic nitrogens is 4. The zero-order chi connectivity index (χ0) is 35.4. The summed E-state index contributed by atoms with van der Waals surface area (Å²) in [7, 11) is 3.48. The summed E-state index contributed by atoms with van der Waals surface area (Å²) in [5.41, 5.74) is 4.60. The number of imidazole rings is 2. The highest BCUT2D eigenvalue weighted by atomic mass is 16.6. The lowest BCUT2D eigenvalue weighted by molar-refractivity contribution is -0.133. The first-order valence-corrected chi connectivity index (χ1v) is 17.5. The number of alkyl carbamates (subject to hydrolysis) is 1. The standard InChI is InChI=1S/C39H48N6O5/c1-39(2,3)50-37(47)40-29(24-27-17-19-30(20-18-27)45-34-16-9-8-15-33(34)42(4)38(45)48)25-35(46)43-21-10-12-28(26-43)36-41-31-13-6-7-14-32(31)44(36)22-11-23-49-5/h6-9,13-20,28-29H,10-12,21-26H2,1-5H3,(H,40,47)/t28-,29-/m1/s1. The van der Waals surface area contributed by atoms with Gasteiger partial charge >= 0.3 is 11.8 Å². The number of nitrogens with zero attached hydrogens (tertiary/aromatic N) is 5. The molecule has 0 spiro atoms. The molecule has 6 rings (SSSR count). The van der Waals surface area contributed by atoms with Crippen molar-refractivity contribution in [2.24, 2.45) is 7.05 Å². The van der Waals surface area contributed by atoms with E-state index in [9.17, 15) is 14.4 Å². The zero-order valence-corrected chi connectivity index (χ0v) is 29.7. The van der Waals surface area contributed by atoms with Crippen molar-refractivity contribution in [2.45, 2.75) is 77.0 Å². The summed E-state index contributed by atoms with van der Waals surface area (Å²) in [6.45, 7) is 8.14. The molecule has 264 valence electrons. The van der Waals surface area contributed by atoms with E-state index in [-0.39, 0.29) is 23.9 Å². The highest BCUT2D eigenvalue weighted by molar-refractivity contribution is 5.79. The number of aryl methyl sites for hydroxylation is 2. The number of fused-ring (bicyclic) bond motifs is 2. The molecule has 3 heterocycles. The number of carbonyl (C=O) groups excluding carboxylic acids is 2. The van der Waals surface area contributed by atoms with Gasteiger partial charge in [-0.05, 0) is 88.4 Å². The van der Waals surface area contributed by atoms with Crippen LogP contribution < -0.4 is 11.0 Å². The molecule has 0 aliphatic carbocycles. The summed E-state index contributed by atoms with van der Waals surface area (Å²) >= 11 is 0. The van der Waals surface area contributed by atoms with Gasteiger partial charge in [-0.1, -0.05) is 36.4 Å². The average molecular weight is 681 g/mol. The third-order valence-corrected chi connectivity index (χ3v) is 9.33. The van der Waals surface area contributed by atoms with E-state index in [1.165, 1.54) is 0 Å². The van der Waals surface area contributed by atoms with Gasteiger partial charge in [0, 0.05) is 58.8 Å². The molecule has 0 bridgehead atoms. The first-order valence-electron chi connectivity index (χ1n) is 17.5.